The summed E-state index contributed by atoms with van der Waals surface area (Å²) in [6.07, 6.45) is 8.79. The number of fused-ring (bicyclic) bond motifs is 3. The fraction of sp³-hybridized carbons (Fsp3) is 0.200. The fourth-order valence-corrected chi connectivity index (χ4v) is 3.46. The van der Waals surface area contributed by atoms with Gasteiger partial charge in [-0.2, -0.15) is 0 Å². The number of ether oxygens (including phenoxy) is 1. The SMILES string of the molecule is C#Cc1cccc(Nc2nc3cc(C(=O)O)ccc3c3cnc(CCCOCC)nc23)c1. The van der Waals surface area contributed by atoms with Gasteiger partial charge < -0.3 is 15.2 Å². The Balaban J connectivity index is 1.83. The lowest BCUT2D eigenvalue weighted by atomic mass is 10.1. The van der Waals surface area contributed by atoms with Gasteiger partial charge in [0.1, 0.15) is 11.3 Å². The van der Waals surface area contributed by atoms with Crippen molar-refractivity contribution in [2.75, 3.05) is 18.5 Å². The monoisotopic (exact) mass is 426 g/mol. The molecule has 7 heteroatoms. The third-order valence-electron chi connectivity index (χ3n) is 5.02. The van der Waals surface area contributed by atoms with E-state index in [1.165, 1.54) is 0 Å². The number of aromatic nitrogens is 3. The summed E-state index contributed by atoms with van der Waals surface area (Å²) in [5, 5.41) is 14.3. The van der Waals surface area contributed by atoms with E-state index in [4.69, 9.17) is 21.1 Å². The predicted octanol–water partition coefficient (Wildman–Crippen LogP) is 4.57. The van der Waals surface area contributed by atoms with Gasteiger partial charge in [-0.25, -0.2) is 19.7 Å². The van der Waals surface area contributed by atoms with Gasteiger partial charge in [0.25, 0.3) is 0 Å². The Morgan fingerprint density at radius 2 is 2.06 bits per heavy atom. The molecule has 2 heterocycles. The first-order valence-corrected chi connectivity index (χ1v) is 10.3. The van der Waals surface area contributed by atoms with Gasteiger partial charge in [0, 0.05) is 47.9 Å². The van der Waals surface area contributed by atoms with Gasteiger partial charge in [0.15, 0.2) is 5.82 Å². The van der Waals surface area contributed by atoms with Crippen LogP contribution in [0.3, 0.4) is 0 Å². The van der Waals surface area contributed by atoms with E-state index in [1.54, 1.807) is 24.4 Å². The van der Waals surface area contributed by atoms with Gasteiger partial charge in [-0.1, -0.05) is 18.1 Å². The number of carboxylic acid groups (broad SMARTS) is 1. The van der Waals surface area contributed by atoms with E-state index in [2.05, 4.69) is 16.2 Å². The molecule has 2 aromatic carbocycles. The normalized spacial score (nSPS) is 10.9. The van der Waals surface area contributed by atoms with Gasteiger partial charge in [-0.15, -0.1) is 6.42 Å². The van der Waals surface area contributed by atoms with E-state index in [1.807, 2.05) is 31.2 Å². The van der Waals surface area contributed by atoms with E-state index in [-0.39, 0.29) is 5.56 Å². The Morgan fingerprint density at radius 3 is 2.84 bits per heavy atom. The third-order valence-corrected chi connectivity index (χ3v) is 5.02. The molecule has 160 valence electrons. The number of aryl methyl sites for hydroxylation is 1. The average molecular weight is 426 g/mol. The highest BCUT2D eigenvalue weighted by molar-refractivity contribution is 6.09. The molecule has 32 heavy (non-hydrogen) atoms. The van der Waals surface area contributed by atoms with Crippen molar-refractivity contribution < 1.29 is 14.6 Å². The molecule has 4 rings (SSSR count). The summed E-state index contributed by atoms with van der Waals surface area (Å²) in [5.74, 6) is 2.82. The highest BCUT2D eigenvalue weighted by atomic mass is 16.5. The number of nitrogens with zero attached hydrogens (tertiary/aromatic N) is 3. The Kier molecular flexibility index (Phi) is 6.24. The number of hydrogen-bond donors (Lipinski definition) is 2. The van der Waals surface area contributed by atoms with Crippen LogP contribution < -0.4 is 5.32 Å². The molecule has 0 aliphatic carbocycles. The van der Waals surface area contributed by atoms with Crippen LogP contribution in [0.1, 0.15) is 35.1 Å². The number of carbonyl (C=O) groups is 1. The molecule has 0 unspecified atom stereocenters. The standard InChI is InChI=1S/C25H22N4O3/c1-3-16-7-5-8-18(13-16)27-24-23-20(15-26-22(29-23)9-6-12-32-4-2)19-11-10-17(25(30)31)14-21(19)28-24/h1,5,7-8,10-11,13-15H,4,6,9,12H2,2H3,(H,27,28)(H,30,31). The maximum Gasteiger partial charge on any atom is 0.335 e. The molecular formula is C25H22N4O3. The van der Waals surface area contributed by atoms with E-state index in [9.17, 15) is 9.90 Å². The van der Waals surface area contributed by atoms with Crippen LogP contribution >= 0.6 is 0 Å². The van der Waals surface area contributed by atoms with Crippen LogP contribution in [-0.4, -0.2) is 39.2 Å². The second-order valence-corrected chi connectivity index (χ2v) is 7.20. The van der Waals surface area contributed by atoms with E-state index in [0.29, 0.717) is 42.3 Å². The quantitative estimate of drug-likeness (QED) is 0.242. The number of anilines is 2. The smallest absolute Gasteiger partial charge is 0.335 e. The van der Waals surface area contributed by atoms with E-state index < -0.39 is 5.97 Å². The summed E-state index contributed by atoms with van der Waals surface area (Å²) in [6.45, 7) is 3.29. The van der Waals surface area contributed by atoms with Crippen molar-refractivity contribution in [1.29, 1.82) is 0 Å². The molecule has 0 amide bonds. The first-order chi connectivity index (χ1) is 15.6. The summed E-state index contributed by atoms with van der Waals surface area (Å²) in [4.78, 5) is 25.4. The van der Waals surface area contributed by atoms with Crippen LogP contribution in [-0.2, 0) is 11.2 Å². The van der Waals surface area contributed by atoms with Crippen LogP contribution in [0.4, 0.5) is 11.5 Å². The molecule has 0 radical (unpaired) electrons. The first kappa shape index (κ1) is 21.2. The second kappa shape index (κ2) is 9.41. The summed E-state index contributed by atoms with van der Waals surface area (Å²) >= 11 is 0. The predicted molar refractivity (Wildman–Crippen MR) is 124 cm³/mol. The Bertz CT molecular complexity index is 1340. The van der Waals surface area contributed by atoms with Crippen molar-refractivity contribution in [3.63, 3.8) is 0 Å². The van der Waals surface area contributed by atoms with Gasteiger partial charge >= 0.3 is 5.97 Å². The summed E-state index contributed by atoms with van der Waals surface area (Å²) in [7, 11) is 0. The third kappa shape index (κ3) is 4.51. The van der Waals surface area contributed by atoms with E-state index in [0.717, 1.165) is 28.4 Å². The molecule has 7 nitrogen and oxygen atoms in total. The van der Waals surface area contributed by atoms with Crippen LogP contribution in [0, 0.1) is 12.3 Å². The number of benzene rings is 2. The number of pyridine rings is 1. The maximum atomic E-state index is 11.4. The van der Waals surface area contributed by atoms with Crippen LogP contribution in [0.2, 0.25) is 0 Å². The first-order valence-electron chi connectivity index (χ1n) is 10.3. The van der Waals surface area contributed by atoms with Gasteiger partial charge in [-0.3, -0.25) is 0 Å². The molecule has 0 aliphatic heterocycles. The lowest BCUT2D eigenvalue weighted by Gasteiger charge is -2.12. The summed E-state index contributed by atoms with van der Waals surface area (Å²) in [6, 6.07) is 12.3. The number of rotatable bonds is 8. The number of hydrogen-bond acceptors (Lipinski definition) is 6. The molecular weight excluding hydrogens is 404 g/mol. The van der Waals surface area contributed by atoms with Crippen LogP contribution in [0.15, 0.2) is 48.7 Å². The number of aromatic carboxylic acids is 1. The van der Waals surface area contributed by atoms with Gasteiger partial charge in [0.2, 0.25) is 0 Å². The van der Waals surface area contributed by atoms with Crippen LogP contribution in [0.5, 0.6) is 0 Å². The van der Waals surface area contributed by atoms with Gasteiger partial charge in [-0.05, 0) is 43.7 Å². The molecule has 0 spiro atoms. The van der Waals surface area contributed by atoms with Crippen molar-refractivity contribution in [3.05, 3.63) is 65.6 Å². The number of nitrogens with one attached hydrogen (secondary N) is 1. The molecule has 2 aromatic heterocycles. The largest absolute Gasteiger partial charge is 0.478 e. The lowest BCUT2D eigenvalue weighted by molar-refractivity contribution is 0.0697. The van der Waals surface area contributed by atoms with E-state index >= 15 is 0 Å². The minimum atomic E-state index is -1.01. The Morgan fingerprint density at radius 1 is 1.19 bits per heavy atom. The van der Waals surface area contributed by atoms with Crippen molar-refractivity contribution in [1.82, 2.24) is 15.0 Å². The van der Waals surface area contributed by atoms with Crippen molar-refractivity contribution in [2.24, 2.45) is 0 Å². The zero-order chi connectivity index (χ0) is 22.5. The molecule has 0 bridgehead atoms. The van der Waals surface area contributed by atoms with Crippen molar-refractivity contribution >= 4 is 39.3 Å². The topological polar surface area (TPSA) is 97.2 Å². The maximum absolute atomic E-state index is 11.4. The zero-order valence-corrected chi connectivity index (χ0v) is 17.6. The average Bonchev–Trinajstić information content (AvgIpc) is 2.81. The highest BCUT2D eigenvalue weighted by Crippen LogP contribution is 2.30. The van der Waals surface area contributed by atoms with Crippen LogP contribution in [0.25, 0.3) is 21.8 Å². The molecule has 0 saturated carbocycles. The minimum Gasteiger partial charge on any atom is -0.478 e. The summed E-state index contributed by atoms with van der Waals surface area (Å²) < 4.78 is 5.41. The minimum absolute atomic E-state index is 0.165. The lowest BCUT2D eigenvalue weighted by Crippen LogP contribution is -2.04. The molecule has 0 atom stereocenters. The highest BCUT2D eigenvalue weighted by Gasteiger charge is 2.14. The Labute approximate surface area is 185 Å². The molecule has 0 aliphatic rings. The van der Waals surface area contributed by atoms with Gasteiger partial charge in [0.05, 0.1) is 11.1 Å². The zero-order valence-electron chi connectivity index (χ0n) is 17.6. The number of terminal acetylenes is 1. The number of carboxylic acids is 1. The molecule has 4 aromatic rings. The molecule has 0 fully saturated rings. The van der Waals surface area contributed by atoms with Crippen molar-refractivity contribution in [2.45, 2.75) is 19.8 Å². The second-order valence-electron chi connectivity index (χ2n) is 7.20. The molecule has 2 N–H and O–H groups in total. The molecule has 0 saturated heterocycles. The summed E-state index contributed by atoms with van der Waals surface area (Å²) in [5.41, 5.74) is 2.87. The Hall–Kier alpha value is -4.02. The fourth-order valence-electron chi connectivity index (χ4n) is 3.46. The van der Waals surface area contributed by atoms with Crippen molar-refractivity contribution in [3.8, 4) is 12.3 Å².